The number of carbonyl (C=O) groups is 6. The van der Waals surface area contributed by atoms with E-state index >= 15 is 0 Å². The third-order valence-electron chi connectivity index (χ3n) is 10.8. The van der Waals surface area contributed by atoms with Gasteiger partial charge in [0, 0.05) is 50.2 Å². The van der Waals surface area contributed by atoms with Crippen LogP contribution in [0.3, 0.4) is 0 Å². The lowest BCUT2D eigenvalue weighted by atomic mass is 10.0. The van der Waals surface area contributed by atoms with Crippen LogP contribution in [0.4, 0.5) is 22.0 Å². The number of rotatable bonds is 19. The van der Waals surface area contributed by atoms with Crippen LogP contribution in [0.25, 0.3) is 0 Å². The van der Waals surface area contributed by atoms with Crippen LogP contribution in [0.5, 0.6) is 17.2 Å². The fourth-order valence-corrected chi connectivity index (χ4v) is 7.43. The van der Waals surface area contributed by atoms with Crippen molar-refractivity contribution in [1.29, 1.82) is 0 Å². The van der Waals surface area contributed by atoms with E-state index in [1.807, 2.05) is 58.0 Å². The molecule has 0 saturated heterocycles. The highest BCUT2D eigenvalue weighted by atomic mass is 35.5. The Morgan fingerprint density at radius 1 is 0.487 bits per heavy atom. The lowest BCUT2D eigenvalue weighted by Gasteiger charge is -2.18. The molecule has 6 aromatic carbocycles. The standard InChI is InChI=1S/C28H30ClN3O4.C27H22ClF5N2O5/c1-18(2)36-25-14-13-22(16-23(25)29)27(34)32-24(28(35)30-3)15-19-9-11-21(12-10-19)26(33)31-17-20-7-5-4-6-8-20;1-12(2)39-18-9-8-15(11-16(18)28)25(36)35-17(26(37)34-3)10-13-4-6-14(7-5-13)27(38)40-24-22(32)20(30)19(29)21(31)23(24)33/h4-14,16,18,24H,15,17H2,1-3H3,(H,30,35)(H,31,33)(H,32,34);4-9,11-12,17H,10H2,1-3H3,(H,34,37)(H,35,36). The predicted octanol–water partition coefficient (Wildman–Crippen LogP) is 9.27. The molecule has 2 atom stereocenters. The molecule has 5 amide bonds. The molecule has 0 aliphatic rings. The first kappa shape index (κ1) is 58.9. The average molecular weight is 1090 g/mol. The summed E-state index contributed by atoms with van der Waals surface area (Å²) in [5, 5.41) is 13.8. The lowest BCUT2D eigenvalue weighted by molar-refractivity contribution is -0.123. The Balaban J connectivity index is 0.000000282. The fourth-order valence-electron chi connectivity index (χ4n) is 6.98. The number of hydrogen-bond acceptors (Lipinski definition) is 9. The lowest BCUT2D eigenvalue weighted by Crippen LogP contribution is -2.47. The highest BCUT2D eigenvalue weighted by Gasteiger charge is 2.30. The number of benzene rings is 6. The second-order valence-corrected chi connectivity index (χ2v) is 18.0. The van der Waals surface area contributed by atoms with E-state index in [4.69, 9.17) is 32.7 Å². The molecule has 2 unspecified atom stereocenters. The highest BCUT2D eigenvalue weighted by molar-refractivity contribution is 6.32. The van der Waals surface area contributed by atoms with Crippen molar-refractivity contribution in [3.63, 3.8) is 0 Å². The zero-order chi connectivity index (χ0) is 55.8. The first-order valence-electron chi connectivity index (χ1n) is 23.3. The minimum Gasteiger partial charge on any atom is -0.489 e. The third-order valence-corrected chi connectivity index (χ3v) is 11.4. The van der Waals surface area contributed by atoms with Gasteiger partial charge in [-0.15, -0.1) is 0 Å². The number of nitrogens with one attached hydrogen (secondary N) is 5. The maximum atomic E-state index is 13.8. The molecule has 6 rings (SSSR count). The molecule has 0 heterocycles. The summed E-state index contributed by atoms with van der Waals surface area (Å²) >= 11 is 12.4. The van der Waals surface area contributed by atoms with Crippen molar-refractivity contribution in [2.75, 3.05) is 14.1 Å². The van der Waals surface area contributed by atoms with E-state index in [1.165, 1.54) is 50.5 Å². The van der Waals surface area contributed by atoms with Gasteiger partial charge in [-0.3, -0.25) is 24.0 Å². The molecule has 0 aromatic heterocycles. The molecule has 0 radical (unpaired) electrons. The van der Waals surface area contributed by atoms with Crippen molar-refractivity contribution in [3.8, 4) is 17.2 Å². The van der Waals surface area contributed by atoms with Crippen LogP contribution in [0, 0.1) is 29.1 Å². The molecule has 6 aromatic rings. The van der Waals surface area contributed by atoms with Crippen molar-refractivity contribution in [1.82, 2.24) is 26.6 Å². The van der Waals surface area contributed by atoms with Gasteiger partial charge in [-0.05, 0) is 105 Å². The Hall–Kier alpha value is -8.03. The molecule has 5 N–H and O–H groups in total. The molecule has 0 fully saturated rings. The van der Waals surface area contributed by atoms with E-state index in [0.29, 0.717) is 39.8 Å². The molecule has 0 aliphatic carbocycles. The molecule has 0 aliphatic heterocycles. The van der Waals surface area contributed by atoms with Gasteiger partial charge in [0.1, 0.15) is 23.6 Å². The van der Waals surface area contributed by atoms with E-state index in [-0.39, 0.29) is 53.0 Å². The monoisotopic (exact) mass is 1090 g/mol. The Labute approximate surface area is 444 Å². The van der Waals surface area contributed by atoms with Gasteiger partial charge in [-0.1, -0.05) is 77.8 Å². The molecule has 400 valence electrons. The van der Waals surface area contributed by atoms with Gasteiger partial charge < -0.3 is 40.8 Å². The van der Waals surface area contributed by atoms with Crippen LogP contribution >= 0.6 is 23.2 Å². The normalized spacial score (nSPS) is 11.6. The first-order chi connectivity index (χ1) is 36.1. The van der Waals surface area contributed by atoms with Crippen molar-refractivity contribution in [2.45, 2.75) is 71.4 Å². The summed E-state index contributed by atoms with van der Waals surface area (Å²) in [6.07, 6.45) is 0.0145. The van der Waals surface area contributed by atoms with E-state index in [0.717, 1.165) is 23.3 Å². The molecule has 0 bridgehead atoms. The van der Waals surface area contributed by atoms with Gasteiger partial charge in [0.2, 0.25) is 46.6 Å². The van der Waals surface area contributed by atoms with Crippen molar-refractivity contribution in [3.05, 3.63) is 193 Å². The number of hydrogen-bond donors (Lipinski definition) is 5. The Morgan fingerprint density at radius 3 is 1.28 bits per heavy atom. The zero-order valence-corrected chi connectivity index (χ0v) is 43.2. The van der Waals surface area contributed by atoms with Gasteiger partial charge in [0.15, 0.2) is 0 Å². The van der Waals surface area contributed by atoms with Crippen LogP contribution in [-0.2, 0) is 29.0 Å². The molecular formula is C55H52Cl2F5N5O9. The Bertz CT molecular complexity index is 3030. The van der Waals surface area contributed by atoms with E-state index in [2.05, 4.69) is 31.3 Å². The van der Waals surface area contributed by atoms with Gasteiger partial charge in [0.25, 0.3) is 17.7 Å². The van der Waals surface area contributed by atoms with Gasteiger partial charge in [0.05, 0.1) is 27.8 Å². The first-order valence-corrected chi connectivity index (χ1v) is 24.1. The van der Waals surface area contributed by atoms with Crippen molar-refractivity contribution >= 4 is 58.7 Å². The highest BCUT2D eigenvalue weighted by Crippen LogP contribution is 2.31. The number of likely N-dealkylation sites (N-methyl/N-ethyl adjacent to an activating group) is 2. The van der Waals surface area contributed by atoms with Gasteiger partial charge in [-0.2, -0.15) is 8.78 Å². The van der Waals surface area contributed by atoms with Gasteiger partial charge in [-0.25, -0.2) is 18.0 Å². The van der Waals surface area contributed by atoms with E-state index < -0.39 is 70.6 Å². The summed E-state index contributed by atoms with van der Waals surface area (Å²) in [6, 6.07) is 28.9. The number of carbonyl (C=O) groups excluding carboxylic acids is 6. The summed E-state index contributed by atoms with van der Waals surface area (Å²) in [7, 11) is 2.88. The van der Waals surface area contributed by atoms with Crippen LogP contribution in [-0.4, -0.2) is 73.9 Å². The van der Waals surface area contributed by atoms with Crippen LogP contribution in [0.1, 0.15) is 85.8 Å². The van der Waals surface area contributed by atoms with Crippen LogP contribution in [0.2, 0.25) is 10.0 Å². The fraction of sp³-hybridized carbons (Fsp3) is 0.236. The van der Waals surface area contributed by atoms with Crippen molar-refractivity contribution in [2.24, 2.45) is 0 Å². The molecule has 0 saturated carbocycles. The second kappa shape index (κ2) is 27.5. The second-order valence-electron chi connectivity index (χ2n) is 17.2. The summed E-state index contributed by atoms with van der Waals surface area (Å²) in [6.45, 7) is 7.82. The summed E-state index contributed by atoms with van der Waals surface area (Å²) in [5.41, 5.74) is 2.95. The Kier molecular flexibility index (Phi) is 21.3. The quantitative estimate of drug-likeness (QED) is 0.0173. The SMILES string of the molecule is CNC(=O)C(Cc1ccc(C(=O)NCc2ccccc2)cc1)NC(=O)c1ccc(OC(C)C)c(Cl)c1.CNC(=O)C(Cc1ccc(C(=O)Oc2c(F)c(F)c(F)c(F)c2F)cc1)NC(=O)c1ccc(OC(C)C)c(Cl)c1. The maximum absolute atomic E-state index is 13.8. The minimum atomic E-state index is -2.39. The van der Waals surface area contributed by atoms with E-state index in [9.17, 15) is 50.7 Å². The Morgan fingerprint density at radius 2 is 0.882 bits per heavy atom. The third kappa shape index (κ3) is 16.2. The zero-order valence-electron chi connectivity index (χ0n) is 41.7. The van der Waals surface area contributed by atoms with Crippen molar-refractivity contribution < 1.29 is 64.9 Å². The number of ether oxygens (including phenoxy) is 3. The van der Waals surface area contributed by atoms with Crippen LogP contribution < -0.4 is 40.8 Å². The average Bonchev–Trinajstić information content (AvgIpc) is 3.41. The van der Waals surface area contributed by atoms with Crippen LogP contribution in [0.15, 0.2) is 115 Å². The van der Waals surface area contributed by atoms with Gasteiger partial charge >= 0.3 is 5.97 Å². The largest absolute Gasteiger partial charge is 0.489 e. The molecular weight excluding hydrogens is 1040 g/mol. The summed E-state index contributed by atoms with van der Waals surface area (Å²) in [5.74, 6) is -15.9. The maximum Gasteiger partial charge on any atom is 0.343 e. The summed E-state index contributed by atoms with van der Waals surface area (Å²) < 4.78 is 83.2. The topological polar surface area (TPSA) is 190 Å². The number of esters is 1. The minimum absolute atomic E-state index is 0.0410. The molecule has 21 heteroatoms. The summed E-state index contributed by atoms with van der Waals surface area (Å²) in [4.78, 5) is 75.3. The molecule has 76 heavy (non-hydrogen) atoms. The molecule has 14 nitrogen and oxygen atoms in total. The predicted molar refractivity (Wildman–Crippen MR) is 274 cm³/mol. The van der Waals surface area contributed by atoms with E-state index in [1.54, 1.807) is 36.4 Å². The number of amides is 5. The number of halogens is 7. The molecule has 0 spiro atoms. The smallest absolute Gasteiger partial charge is 0.343 e.